The van der Waals surface area contributed by atoms with Gasteiger partial charge in [-0.05, 0) is 57.9 Å². The van der Waals surface area contributed by atoms with Crippen molar-refractivity contribution >= 4 is 51.7 Å². The third-order valence-electron chi connectivity index (χ3n) is 5.03. The van der Waals surface area contributed by atoms with Gasteiger partial charge in [-0.3, -0.25) is 4.99 Å². The van der Waals surface area contributed by atoms with Gasteiger partial charge in [0.25, 0.3) is 0 Å². The number of thioether (sulfide) groups is 1. The first-order chi connectivity index (χ1) is 13.3. The van der Waals surface area contributed by atoms with E-state index in [9.17, 15) is 8.42 Å². The smallest absolute Gasteiger partial charge is 0.243 e. The number of hydrogen-bond acceptors (Lipinski definition) is 4. The van der Waals surface area contributed by atoms with Gasteiger partial charge in [-0.15, -0.1) is 24.0 Å². The third-order valence-corrected chi connectivity index (χ3v) is 8.17. The van der Waals surface area contributed by atoms with Crippen LogP contribution in [0.5, 0.6) is 0 Å². The molecule has 1 fully saturated rings. The van der Waals surface area contributed by atoms with Crippen molar-refractivity contribution in [2.45, 2.75) is 43.3 Å². The molecule has 0 aliphatic carbocycles. The first-order valence-electron chi connectivity index (χ1n) is 9.91. The van der Waals surface area contributed by atoms with Crippen LogP contribution < -0.4 is 10.6 Å². The maximum absolute atomic E-state index is 12.7. The summed E-state index contributed by atoms with van der Waals surface area (Å²) < 4.78 is 27.2. The monoisotopic (exact) mass is 554 g/mol. The van der Waals surface area contributed by atoms with Crippen molar-refractivity contribution in [3.63, 3.8) is 0 Å². The molecule has 6 nitrogen and oxygen atoms in total. The Kier molecular flexibility index (Phi) is 11.3. The van der Waals surface area contributed by atoms with E-state index >= 15 is 0 Å². The van der Waals surface area contributed by atoms with Gasteiger partial charge < -0.3 is 10.6 Å². The summed E-state index contributed by atoms with van der Waals surface area (Å²) in [5.74, 6) is 1.28. The Morgan fingerprint density at radius 2 is 1.83 bits per heavy atom. The van der Waals surface area contributed by atoms with Gasteiger partial charge in [0.05, 0.1) is 11.4 Å². The molecule has 1 aromatic rings. The Hall–Kier alpha value is -0.520. The van der Waals surface area contributed by atoms with Crippen LogP contribution in [-0.4, -0.2) is 62.4 Å². The fourth-order valence-electron chi connectivity index (χ4n) is 3.01. The lowest BCUT2D eigenvalue weighted by Gasteiger charge is -2.31. The number of nitrogens with zero attached hydrogens (tertiary/aromatic N) is 2. The maximum Gasteiger partial charge on any atom is 0.243 e. The molecule has 2 N–H and O–H groups in total. The molecule has 1 aliphatic rings. The predicted octanol–water partition coefficient (Wildman–Crippen LogP) is 3.40. The number of benzene rings is 1. The van der Waals surface area contributed by atoms with Crippen LogP contribution in [0.3, 0.4) is 0 Å². The van der Waals surface area contributed by atoms with E-state index in [0.717, 1.165) is 38.4 Å². The zero-order valence-electron chi connectivity index (χ0n) is 17.8. The maximum atomic E-state index is 12.7. The highest BCUT2D eigenvalue weighted by Gasteiger charge is 2.29. The Labute approximate surface area is 197 Å². The summed E-state index contributed by atoms with van der Waals surface area (Å²) in [7, 11) is -3.38. The Bertz CT molecular complexity index is 734. The standard InChI is InChI=1S/C20H34N4O2S2.HI/c1-5-21-19(23-16-20(2,3)27-4)22-15-17-11-13-24(14-12-17)28(25,26)18-9-7-6-8-10-18;/h6-10,17H,5,11-16H2,1-4H3,(H2,21,22,23);1H. The van der Waals surface area contributed by atoms with E-state index < -0.39 is 10.0 Å². The third kappa shape index (κ3) is 8.26. The summed E-state index contributed by atoms with van der Waals surface area (Å²) in [6.45, 7) is 9.94. The summed E-state index contributed by atoms with van der Waals surface area (Å²) in [4.78, 5) is 5.08. The van der Waals surface area contributed by atoms with Crippen LogP contribution in [-0.2, 0) is 10.0 Å². The van der Waals surface area contributed by atoms with Crippen LogP contribution in [0.2, 0.25) is 0 Å². The molecule has 1 aromatic carbocycles. The van der Waals surface area contributed by atoms with E-state index in [4.69, 9.17) is 4.99 Å². The van der Waals surface area contributed by atoms with Crippen LogP contribution >= 0.6 is 35.7 Å². The molecule has 9 heteroatoms. The molecular weight excluding hydrogens is 519 g/mol. The van der Waals surface area contributed by atoms with Crippen LogP contribution in [0.1, 0.15) is 33.6 Å². The van der Waals surface area contributed by atoms with E-state index in [1.54, 1.807) is 28.6 Å². The Balaban J connectivity index is 0.00000420. The molecule has 0 spiro atoms. The minimum Gasteiger partial charge on any atom is -0.357 e. The van der Waals surface area contributed by atoms with Crippen molar-refractivity contribution in [1.82, 2.24) is 14.9 Å². The molecule has 0 saturated carbocycles. The van der Waals surface area contributed by atoms with Gasteiger partial charge in [0.1, 0.15) is 0 Å². The van der Waals surface area contributed by atoms with Gasteiger partial charge in [0.15, 0.2) is 5.96 Å². The Morgan fingerprint density at radius 3 is 2.38 bits per heavy atom. The molecule has 0 amide bonds. The van der Waals surface area contributed by atoms with Crippen molar-refractivity contribution in [1.29, 1.82) is 0 Å². The molecule has 166 valence electrons. The second-order valence-corrected chi connectivity index (χ2v) is 11.2. The highest BCUT2D eigenvalue weighted by atomic mass is 127. The quantitative estimate of drug-likeness (QED) is 0.293. The van der Waals surface area contributed by atoms with Crippen molar-refractivity contribution in [2.24, 2.45) is 10.9 Å². The van der Waals surface area contributed by atoms with E-state index in [0.29, 0.717) is 23.9 Å². The molecule has 29 heavy (non-hydrogen) atoms. The number of guanidine groups is 1. The van der Waals surface area contributed by atoms with Crippen LogP contribution in [0.25, 0.3) is 0 Å². The molecule has 0 radical (unpaired) electrons. The van der Waals surface area contributed by atoms with Crippen molar-refractivity contribution < 1.29 is 8.42 Å². The van der Waals surface area contributed by atoms with E-state index in [1.807, 2.05) is 17.8 Å². The number of hydrogen-bond donors (Lipinski definition) is 2. The zero-order valence-corrected chi connectivity index (χ0v) is 21.8. The number of rotatable bonds is 8. The first kappa shape index (κ1) is 26.5. The van der Waals surface area contributed by atoms with Crippen LogP contribution in [0, 0.1) is 5.92 Å². The Morgan fingerprint density at radius 1 is 1.21 bits per heavy atom. The second kappa shape index (κ2) is 12.4. The number of sulfonamides is 1. The number of halogens is 1. The number of piperidine rings is 1. The topological polar surface area (TPSA) is 73.8 Å². The van der Waals surface area contributed by atoms with Gasteiger partial charge in [0.2, 0.25) is 10.0 Å². The fourth-order valence-corrected chi connectivity index (χ4v) is 4.70. The fraction of sp³-hybridized carbons (Fsp3) is 0.650. The second-order valence-electron chi connectivity index (χ2n) is 7.70. The molecule has 1 saturated heterocycles. The van der Waals surface area contributed by atoms with Crippen molar-refractivity contribution in [3.8, 4) is 0 Å². The average Bonchev–Trinajstić information content (AvgIpc) is 2.71. The van der Waals surface area contributed by atoms with Crippen LogP contribution in [0.15, 0.2) is 40.2 Å². The van der Waals surface area contributed by atoms with E-state index in [1.165, 1.54) is 0 Å². The minimum atomic E-state index is -3.38. The predicted molar refractivity (Wildman–Crippen MR) is 135 cm³/mol. The number of nitrogens with one attached hydrogen (secondary N) is 2. The average molecular weight is 555 g/mol. The van der Waals surface area contributed by atoms with Gasteiger partial charge in [-0.1, -0.05) is 18.2 Å². The van der Waals surface area contributed by atoms with Gasteiger partial charge in [0, 0.05) is 30.9 Å². The summed E-state index contributed by atoms with van der Waals surface area (Å²) in [5, 5.41) is 6.73. The summed E-state index contributed by atoms with van der Waals surface area (Å²) >= 11 is 1.81. The zero-order chi connectivity index (χ0) is 20.6. The summed E-state index contributed by atoms with van der Waals surface area (Å²) in [5.41, 5.74) is 0. The highest BCUT2D eigenvalue weighted by molar-refractivity contribution is 14.0. The van der Waals surface area contributed by atoms with E-state index in [-0.39, 0.29) is 28.7 Å². The molecular formula is C20H35IN4O2S2. The van der Waals surface area contributed by atoms with Gasteiger partial charge in [-0.25, -0.2) is 8.42 Å². The normalized spacial score (nSPS) is 16.9. The lowest BCUT2D eigenvalue weighted by atomic mass is 9.98. The largest absolute Gasteiger partial charge is 0.357 e. The van der Waals surface area contributed by atoms with E-state index in [2.05, 4.69) is 37.7 Å². The lowest BCUT2D eigenvalue weighted by Crippen LogP contribution is -2.44. The van der Waals surface area contributed by atoms with Crippen molar-refractivity contribution in [2.75, 3.05) is 39.0 Å². The minimum absolute atomic E-state index is 0. The SMILES string of the molecule is CCNC(=NCC(C)(C)SC)NCC1CCN(S(=O)(=O)c2ccccc2)CC1.I. The van der Waals surface area contributed by atoms with Gasteiger partial charge >= 0.3 is 0 Å². The van der Waals surface area contributed by atoms with Gasteiger partial charge in [-0.2, -0.15) is 16.1 Å². The highest BCUT2D eigenvalue weighted by Crippen LogP contribution is 2.23. The first-order valence-corrected chi connectivity index (χ1v) is 12.6. The molecule has 2 rings (SSSR count). The lowest BCUT2D eigenvalue weighted by molar-refractivity contribution is 0.273. The molecule has 1 heterocycles. The van der Waals surface area contributed by atoms with Crippen LogP contribution in [0.4, 0.5) is 0 Å². The number of aliphatic imine (C=N–C) groups is 1. The summed E-state index contributed by atoms with van der Waals surface area (Å²) in [6.07, 6.45) is 3.82. The molecule has 0 bridgehead atoms. The molecule has 0 atom stereocenters. The molecule has 0 aromatic heterocycles. The van der Waals surface area contributed by atoms with Crippen molar-refractivity contribution in [3.05, 3.63) is 30.3 Å². The molecule has 1 aliphatic heterocycles. The molecule has 0 unspecified atom stereocenters. The summed E-state index contributed by atoms with van der Waals surface area (Å²) in [6, 6.07) is 8.70.